The van der Waals surface area contributed by atoms with Gasteiger partial charge >= 0.3 is 0 Å². The molecule has 3 rings (SSSR count). The monoisotopic (exact) mass is 288 g/mol. The molecule has 1 aromatic heterocycles. The van der Waals surface area contributed by atoms with E-state index in [0.29, 0.717) is 0 Å². The number of carbonyl (C=O) groups is 1. The van der Waals surface area contributed by atoms with Gasteiger partial charge < -0.3 is 10.6 Å². The molecule has 2 N–H and O–H groups in total. The summed E-state index contributed by atoms with van der Waals surface area (Å²) in [5.41, 5.74) is 7.14. The van der Waals surface area contributed by atoms with Gasteiger partial charge in [0, 0.05) is 45.0 Å². The van der Waals surface area contributed by atoms with Crippen molar-refractivity contribution < 1.29 is 4.79 Å². The van der Waals surface area contributed by atoms with Crippen LogP contribution < -0.4 is 5.73 Å². The van der Waals surface area contributed by atoms with Gasteiger partial charge in [-0.15, -0.1) is 0 Å². The van der Waals surface area contributed by atoms with Gasteiger partial charge in [0.1, 0.15) is 0 Å². The van der Waals surface area contributed by atoms with E-state index in [1.165, 1.54) is 0 Å². The molecule has 1 aliphatic heterocycles. The Balaban J connectivity index is 1.50. The van der Waals surface area contributed by atoms with Crippen molar-refractivity contribution in [2.24, 2.45) is 11.7 Å². The first-order chi connectivity index (χ1) is 10.2. The lowest BCUT2D eigenvalue weighted by Gasteiger charge is -2.36. The summed E-state index contributed by atoms with van der Waals surface area (Å²) < 4.78 is 0. The Morgan fingerprint density at radius 3 is 2.67 bits per heavy atom. The van der Waals surface area contributed by atoms with Gasteiger partial charge in [0.25, 0.3) is 0 Å². The zero-order chi connectivity index (χ0) is 14.7. The minimum Gasteiger partial charge on any atom is -0.340 e. The molecule has 0 spiro atoms. The van der Waals surface area contributed by atoms with Crippen LogP contribution in [-0.4, -0.2) is 52.9 Å². The molecule has 0 bridgehead atoms. The van der Waals surface area contributed by atoms with E-state index in [-0.39, 0.29) is 17.9 Å². The van der Waals surface area contributed by atoms with Gasteiger partial charge in [0.05, 0.1) is 11.6 Å². The molecular formula is C16H24N4O. The molecule has 1 aliphatic carbocycles. The summed E-state index contributed by atoms with van der Waals surface area (Å²) >= 11 is 0. The lowest BCUT2D eigenvalue weighted by Crippen LogP contribution is -2.51. The highest BCUT2D eigenvalue weighted by Crippen LogP contribution is 2.26. The highest BCUT2D eigenvalue weighted by atomic mass is 16.2. The molecule has 114 valence electrons. The molecule has 2 aliphatic rings. The molecule has 1 saturated heterocycles. The van der Waals surface area contributed by atoms with Crippen LogP contribution in [0.15, 0.2) is 24.4 Å². The van der Waals surface area contributed by atoms with Crippen molar-refractivity contribution in [2.45, 2.75) is 31.8 Å². The average Bonchev–Trinajstić information content (AvgIpc) is 2.94. The lowest BCUT2D eigenvalue weighted by atomic mass is 10.0. The number of piperazine rings is 1. The van der Waals surface area contributed by atoms with E-state index >= 15 is 0 Å². The standard InChI is InChI=1S/C16H24N4O/c17-15-6-3-5-14(15)16(21)20-10-8-19(9-11-20)12-13-4-1-2-7-18-13/h1-2,4,7,14-15H,3,5-6,8-12,17H2/t14-,15+/m0/s1. The van der Waals surface area contributed by atoms with Crippen molar-refractivity contribution >= 4 is 5.91 Å². The molecule has 0 unspecified atom stereocenters. The molecule has 2 heterocycles. The van der Waals surface area contributed by atoms with Crippen LogP contribution >= 0.6 is 0 Å². The molecule has 2 atom stereocenters. The van der Waals surface area contributed by atoms with E-state index in [4.69, 9.17) is 5.73 Å². The number of amides is 1. The highest BCUT2D eigenvalue weighted by Gasteiger charge is 2.34. The Labute approximate surface area is 126 Å². The van der Waals surface area contributed by atoms with E-state index in [0.717, 1.165) is 57.7 Å². The number of hydrogen-bond acceptors (Lipinski definition) is 4. The first kappa shape index (κ1) is 14.5. The zero-order valence-corrected chi connectivity index (χ0v) is 12.4. The third-order valence-electron chi connectivity index (χ3n) is 4.68. The van der Waals surface area contributed by atoms with E-state index in [2.05, 4.69) is 16.0 Å². The second-order valence-corrected chi connectivity index (χ2v) is 6.12. The summed E-state index contributed by atoms with van der Waals surface area (Å²) in [5, 5.41) is 0. The quantitative estimate of drug-likeness (QED) is 0.896. The van der Waals surface area contributed by atoms with Crippen LogP contribution in [0.5, 0.6) is 0 Å². The summed E-state index contributed by atoms with van der Waals surface area (Å²) in [6.45, 7) is 4.34. The van der Waals surface area contributed by atoms with Gasteiger partial charge in [0.2, 0.25) is 5.91 Å². The summed E-state index contributed by atoms with van der Waals surface area (Å²) in [6.07, 6.45) is 4.89. The molecule has 21 heavy (non-hydrogen) atoms. The van der Waals surface area contributed by atoms with E-state index in [1.54, 1.807) is 0 Å². The summed E-state index contributed by atoms with van der Waals surface area (Å²) in [7, 11) is 0. The van der Waals surface area contributed by atoms with Gasteiger partial charge in [-0.1, -0.05) is 12.5 Å². The average molecular weight is 288 g/mol. The Kier molecular flexibility index (Phi) is 4.51. The molecule has 5 nitrogen and oxygen atoms in total. The number of nitrogens with two attached hydrogens (primary N) is 1. The summed E-state index contributed by atoms with van der Waals surface area (Å²) in [5.74, 6) is 0.338. The van der Waals surface area contributed by atoms with Gasteiger partial charge in [-0.3, -0.25) is 14.7 Å². The Bertz CT molecular complexity index is 470. The second kappa shape index (κ2) is 6.54. The summed E-state index contributed by atoms with van der Waals surface area (Å²) in [4.78, 5) is 21.2. The van der Waals surface area contributed by atoms with E-state index in [9.17, 15) is 4.79 Å². The fourth-order valence-corrected chi connectivity index (χ4v) is 3.38. The Hall–Kier alpha value is -1.46. The third-order valence-corrected chi connectivity index (χ3v) is 4.68. The van der Waals surface area contributed by atoms with Crippen LogP contribution in [0.4, 0.5) is 0 Å². The number of nitrogens with zero attached hydrogens (tertiary/aromatic N) is 3. The first-order valence-electron chi connectivity index (χ1n) is 7.90. The molecule has 0 radical (unpaired) electrons. The number of rotatable bonds is 3. The number of carbonyl (C=O) groups excluding carboxylic acids is 1. The van der Waals surface area contributed by atoms with Crippen molar-refractivity contribution in [3.63, 3.8) is 0 Å². The number of aromatic nitrogens is 1. The predicted octanol–water partition coefficient (Wildman–Crippen LogP) is 0.853. The van der Waals surface area contributed by atoms with Crippen LogP contribution in [0.1, 0.15) is 25.0 Å². The van der Waals surface area contributed by atoms with Crippen molar-refractivity contribution in [3.8, 4) is 0 Å². The SMILES string of the molecule is N[C@@H]1CCC[C@@H]1C(=O)N1CCN(Cc2ccccn2)CC1. The zero-order valence-electron chi connectivity index (χ0n) is 12.4. The van der Waals surface area contributed by atoms with Gasteiger partial charge in [-0.2, -0.15) is 0 Å². The minimum atomic E-state index is 0.0624. The van der Waals surface area contributed by atoms with E-state index in [1.807, 2.05) is 23.2 Å². The molecule has 0 aromatic carbocycles. The van der Waals surface area contributed by atoms with Crippen molar-refractivity contribution in [1.82, 2.24) is 14.8 Å². The van der Waals surface area contributed by atoms with E-state index < -0.39 is 0 Å². The van der Waals surface area contributed by atoms with Gasteiger partial charge in [0.15, 0.2) is 0 Å². The van der Waals surface area contributed by atoms with Crippen molar-refractivity contribution in [3.05, 3.63) is 30.1 Å². The smallest absolute Gasteiger partial charge is 0.227 e. The van der Waals surface area contributed by atoms with Gasteiger partial charge in [-0.05, 0) is 25.0 Å². The maximum atomic E-state index is 12.5. The largest absolute Gasteiger partial charge is 0.340 e. The molecule has 1 aromatic rings. The normalized spacial score (nSPS) is 27.0. The topological polar surface area (TPSA) is 62.5 Å². The predicted molar refractivity (Wildman–Crippen MR) is 81.4 cm³/mol. The molecule has 5 heteroatoms. The molecule has 1 amide bonds. The second-order valence-electron chi connectivity index (χ2n) is 6.12. The van der Waals surface area contributed by atoms with Crippen LogP contribution in [0, 0.1) is 5.92 Å². The highest BCUT2D eigenvalue weighted by molar-refractivity contribution is 5.80. The first-order valence-corrected chi connectivity index (χ1v) is 7.90. The maximum Gasteiger partial charge on any atom is 0.227 e. The van der Waals surface area contributed by atoms with Crippen molar-refractivity contribution in [2.75, 3.05) is 26.2 Å². The molecule has 2 fully saturated rings. The number of hydrogen-bond donors (Lipinski definition) is 1. The fraction of sp³-hybridized carbons (Fsp3) is 0.625. The summed E-state index contributed by atoms with van der Waals surface area (Å²) in [6, 6.07) is 6.08. The van der Waals surface area contributed by atoms with Crippen LogP contribution in [0.3, 0.4) is 0 Å². The molecule has 1 saturated carbocycles. The Morgan fingerprint density at radius 1 is 1.24 bits per heavy atom. The van der Waals surface area contributed by atoms with Crippen LogP contribution in [-0.2, 0) is 11.3 Å². The lowest BCUT2D eigenvalue weighted by molar-refractivity contribution is -0.137. The van der Waals surface area contributed by atoms with Crippen LogP contribution in [0.25, 0.3) is 0 Å². The number of pyridine rings is 1. The minimum absolute atomic E-state index is 0.0624. The third kappa shape index (κ3) is 3.41. The van der Waals surface area contributed by atoms with Crippen LogP contribution in [0.2, 0.25) is 0 Å². The van der Waals surface area contributed by atoms with Crippen molar-refractivity contribution in [1.29, 1.82) is 0 Å². The fourth-order valence-electron chi connectivity index (χ4n) is 3.38. The maximum absolute atomic E-state index is 12.5. The molecular weight excluding hydrogens is 264 g/mol. The Morgan fingerprint density at radius 2 is 2.05 bits per heavy atom. The van der Waals surface area contributed by atoms with Gasteiger partial charge in [-0.25, -0.2) is 0 Å².